The standard InChI is InChI=1S/C13H19NS/c1-13(2)11(8-14)12(13)9-5-4-6-10(7-9)15-3/h4-7,11-12H,8,14H2,1-3H3/t11-,12-/m0/s1. The van der Waals surface area contributed by atoms with Crippen molar-refractivity contribution in [1.82, 2.24) is 0 Å². The lowest BCUT2D eigenvalue weighted by atomic mass is 10.0. The number of thioether (sulfide) groups is 1. The third-order valence-corrected chi connectivity index (χ3v) is 4.48. The van der Waals surface area contributed by atoms with Crippen molar-refractivity contribution in [1.29, 1.82) is 0 Å². The molecule has 2 rings (SSSR count). The van der Waals surface area contributed by atoms with Crippen LogP contribution in [0.2, 0.25) is 0 Å². The summed E-state index contributed by atoms with van der Waals surface area (Å²) >= 11 is 1.81. The molecule has 0 radical (unpaired) electrons. The minimum absolute atomic E-state index is 0.395. The molecule has 1 aromatic rings. The molecule has 2 atom stereocenters. The van der Waals surface area contributed by atoms with Gasteiger partial charge in [-0.2, -0.15) is 0 Å². The molecule has 0 aromatic heterocycles. The molecule has 0 unspecified atom stereocenters. The first-order valence-electron chi connectivity index (χ1n) is 5.45. The maximum absolute atomic E-state index is 5.80. The summed E-state index contributed by atoms with van der Waals surface area (Å²) in [5, 5.41) is 0. The topological polar surface area (TPSA) is 26.0 Å². The van der Waals surface area contributed by atoms with Crippen LogP contribution in [0.3, 0.4) is 0 Å². The molecule has 0 spiro atoms. The van der Waals surface area contributed by atoms with Gasteiger partial charge in [0.15, 0.2) is 0 Å². The van der Waals surface area contributed by atoms with Crippen LogP contribution < -0.4 is 5.73 Å². The van der Waals surface area contributed by atoms with Crippen LogP contribution in [0.5, 0.6) is 0 Å². The zero-order valence-electron chi connectivity index (χ0n) is 9.66. The van der Waals surface area contributed by atoms with E-state index in [1.165, 1.54) is 10.5 Å². The van der Waals surface area contributed by atoms with Crippen molar-refractivity contribution < 1.29 is 0 Å². The van der Waals surface area contributed by atoms with Crippen molar-refractivity contribution in [3.05, 3.63) is 29.8 Å². The molecule has 2 heteroatoms. The fourth-order valence-electron chi connectivity index (χ4n) is 2.68. The van der Waals surface area contributed by atoms with Crippen LogP contribution in [0.1, 0.15) is 25.3 Å². The number of benzene rings is 1. The first-order valence-corrected chi connectivity index (χ1v) is 6.67. The predicted octanol–water partition coefficient (Wildman–Crippen LogP) is 3.11. The van der Waals surface area contributed by atoms with Crippen LogP contribution >= 0.6 is 11.8 Å². The molecule has 1 fully saturated rings. The quantitative estimate of drug-likeness (QED) is 0.794. The molecule has 0 aliphatic heterocycles. The van der Waals surface area contributed by atoms with Crippen LogP contribution in [0, 0.1) is 11.3 Å². The van der Waals surface area contributed by atoms with Crippen molar-refractivity contribution in [3.8, 4) is 0 Å². The van der Waals surface area contributed by atoms with Gasteiger partial charge in [0.05, 0.1) is 0 Å². The highest BCUT2D eigenvalue weighted by atomic mass is 32.2. The Morgan fingerprint density at radius 3 is 2.67 bits per heavy atom. The van der Waals surface area contributed by atoms with Crippen LogP contribution in [-0.4, -0.2) is 12.8 Å². The molecule has 0 heterocycles. The lowest BCUT2D eigenvalue weighted by Crippen LogP contribution is -2.05. The summed E-state index contributed by atoms with van der Waals surface area (Å²) in [4.78, 5) is 1.35. The van der Waals surface area contributed by atoms with Gasteiger partial charge in [-0.15, -0.1) is 11.8 Å². The number of nitrogens with two attached hydrogens (primary N) is 1. The Morgan fingerprint density at radius 1 is 1.40 bits per heavy atom. The van der Waals surface area contributed by atoms with Crippen molar-refractivity contribution in [2.45, 2.75) is 24.7 Å². The Bertz CT molecular complexity index is 359. The molecule has 0 bridgehead atoms. The minimum Gasteiger partial charge on any atom is -0.330 e. The van der Waals surface area contributed by atoms with Gasteiger partial charge in [-0.05, 0) is 47.7 Å². The largest absolute Gasteiger partial charge is 0.330 e. The first-order chi connectivity index (χ1) is 7.11. The van der Waals surface area contributed by atoms with E-state index < -0.39 is 0 Å². The van der Waals surface area contributed by atoms with Crippen molar-refractivity contribution in [2.75, 3.05) is 12.8 Å². The summed E-state index contributed by atoms with van der Waals surface area (Å²) in [5.74, 6) is 1.32. The van der Waals surface area contributed by atoms with Crippen molar-refractivity contribution in [2.24, 2.45) is 17.1 Å². The molecule has 1 aliphatic rings. The molecule has 1 aliphatic carbocycles. The summed E-state index contributed by atoms with van der Waals surface area (Å²) < 4.78 is 0. The monoisotopic (exact) mass is 221 g/mol. The van der Waals surface area contributed by atoms with Gasteiger partial charge >= 0.3 is 0 Å². The third-order valence-electron chi connectivity index (χ3n) is 3.76. The van der Waals surface area contributed by atoms with Crippen molar-refractivity contribution >= 4 is 11.8 Å². The van der Waals surface area contributed by atoms with Gasteiger partial charge in [0, 0.05) is 4.90 Å². The second kappa shape index (κ2) is 3.84. The van der Waals surface area contributed by atoms with Crippen LogP contribution in [-0.2, 0) is 0 Å². The van der Waals surface area contributed by atoms with Gasteiger partial charge in [-0.1, -0.05) is 26.0 Å². The van der Waals surface area contributed by atoms with Gasteiger partial charge in [0.2, 0.25) is 0 Å². The summed E-state index contributed by atoms with van der Waals surface area (Å²) in [6.07, 6.45) is 2.12. The predicted molar refractivity (Wildman–Crippen MR) is 67.3 cm³/mol. The highest BCUT2D eigenvalue weighted by molar-refractivity contribution is 7.98. The Hall–Kier alpha value is -0.470. The average Bonchev–Trinajstić information content (AvgIpc) is 2.80. The minimum atomic E-state index is 0.395. The maximum Gasteiger partial charge on any atom is 0.00719 e. The van der Waals surface area contributed by atoms with E-state index in [2.05, 4.69) is 44.4 Å². The second-order valence-corrected chi connectivity index (χ2v) is 5.80. The van der Waals surface area contributed by atoms with E-state index in [1.54, 1.807) is 11.8 Å². The van der Waals surface area contributed by atoms with Crippen LogP contribution in [0.15, 0.2) is 29.2 Å². The van der Waals surface area contributed by atoms with E-state index in [-0.39, 0.29) is 0 Å². The molecule has 1 aromatic carbocycles. The lowest BCUT2D eigenvalue weighted by molar-refractivity contribution is 0.558. The van der Waals surface area contributed by atoms with E-state index in [1.807, 2.05) is 0 Å². The molecular formula is C13H19NS. The van der Waals surface area contributed by atoms with Gasteiger partial charge in [-0.25, -0.2) is 0 Å². The number of rotatable bonds is 3. The Morgan fingerprint density at radius 2 is 2.13 bits per heavy atom. The summed E-state index contributed by atoms with van der Waals surface area (Å²) in [6.45, 7) is 5.45. The SMILES string of the molecule is CSc1cccc([C@H]2[C@H](CN)C2(C)C)c1. The zero-order valence-corrected chi connectivity index (χ0v) is 10.5. The van der Waals surface area contributed by atoms with E-state index in [0.717, 1.165) is 6.54 Å². The molecule has 82 valence electrons. The number of hydrogen-bond donors (Lipinski definition) is 1. The molecule has 1 saturated carbocycles. The molecular weight excluding hydrogens is 202 g/mol. The highest BCUT2D eigenvalue weighted by Gasteiger charge is 2.57. The molecule has 0 amide bonds. The molecule has 15 heavy (non-hydrogen) atoms. The second-order valence-electron chi connectivity index (χ2n) is 4.92. The van der Waals surface area contributed by atoms with E-state index in [4.69, 9.17) is 5.73 Å². The lowest BCUT2D eigenvalue weighted by Gasteiger charge is -2.04. The van der Waals surface area contributed by atoms with Gasteiger partial charge < -0.3 is 5.73 Å². The average molecular weight is 221 g/mol. The fourth-order valence-corrected chi connectivity index (χ4v) is 3.15. The van der Waals surface area contributed by atoms with E-state index >= 15 is 0 Å². The Balaban J connectivity index is 2.24. The van der Waals surface area contributed by atoms with Crippen LogP contribution in [0.4, 0.5) is 0 Å². The molecule has 0 saturated heterocycles. The van der Waals surface area contributed by atoms with Crippen molar-refractivity contribution in [3.63, 3.8) is 0 Å². The van der Waals surface area contributed by atoms with E-state index in [0.29, 0.717) is 17.3 Å². The van der Waals surface area contributed by atoms with Gasteiger partial charge in [0.25, 0.3) is 0 Å². The summed E-state index contributed by atoms with van der Waals surface area (Å²) in [7, 11) is 0. The van der Waals surface area contributed by atoms with E-state index in [9.17, 15) is 0 Å². The number of hydrogen-bond acceptors (Lipinski definition) is 2. The normalized spacial score (nSPS) is 27.7. The third kappa shape index (κ3) is 1.81. The first kappa shape index (κ1) is 11.0. The molecule has 2 N–H and O–H groups in total. The zero-order chi connectivity index (χ0) is 11.1. The van der Waals surface area contributed by atoms with Gasteiger partial charge in [-0.3, -0.25) is 0 Å². The fraction of sp³-hybridized carbons (Fsp3) is 0.538. The summed E-state index contributed by atoms with van der Waals surface area (Å²) in [5.41, 5.74) is 7.66. The smallest absolute Gasteiger partial charge is 0.00719 e. The summed E-state index contributed by atoms with van der Waals surface area (Å²) in [6, 6.07) is 8.87. The van der Waals surface area contributed by atoms with Gasteiger partial charge in [0.1, 0.15) is 0 Å². The maximum atomic E-state index is 5.80. The Kier molecular flexibility index (Phi) is 2.82. The molecule has 1 nitrogen and oxygen atoms in total. The Labute approximate surface area is 96.4 Å². The van der Waals surface area contributed by atoms with Crippen LogP contribution in [0.25, 0.3) is 0 Å². The highest BCUT2D eigenvalue weighted by Crippen LogP contribution is 2.63.